The van der Waals surface area contributed by atoms with Crippen LogP contribution in [0.25, 0.3) is 0 Å². The molecule has 0 saturated carbocycles. The van der Waals surface area contributed by atoms with Gasteiger partial charge in [-0.3, -0.25) is 4.79 Å². The first-order chi connectivity index (χ1) is 9.24. The number of hydrazone groups is 1. The number of amides is 1. The van der Waals surface area contributed by atoms with E-state index < -0.39 is 0 Å². The quantitative estimate of drug-likeness (QED) is 0.673. The summed E-state index contributed by atoms with van der Waals surface area (Å²) in [6, 6.07) is 11.4. The van der Waals surface area contributed by atoms with Gasteiger partial charge in [0.1, 0.15) is 5.75 Å². The fraction of sp³-hybridized carbons (Fsp3) is 0.143. The summed E-state index contributed by atoms with van der Waals surface area (Å²) in [4.78, 5) is 12.5. The molecule has 1 amide bonds. The van der Waals surface area contributed by atoms with Crippen molar-refractivity contribution >= 4 is 23.5 Å². The molecule has 4 nitrogen and oxygen atoms in total. The third-order valence-electron chi connectivity index (χ3n) is 2.32. The summed E-state index contributed by atoms with van der Waals surface area (Å²) in [6.45, 7) is 1.95. The van der Waals surface area contributed by atoms with Gasteiger partial charge in [0.05, 0.1) is 6.21 Å². The van der Waals surface area contributed by atoms with Gasteiger partial charge >= 0.3 is 0 Å². The number of thiophene rings is 1. The van der Waals surface area contributed by atoms with Crippen LogP contribution in [0.5, 0.6) is 5.75 Å². The van der Waals surface area contributed by atoms with Crippen molar-refractivity contribution in [3.05, 3.63) is 52.2 Å². The summed E-state index contributed by atoms with van der Waals surface area (Å²) < 4.78 is 5.33. The van der Waals surface area contributed by atoms with Crippen molar-refractivity contribution in [2.45, 2.75) is 6.92 Å². The molecule has 0 bridgehead atoms. The van der Waals surface area contributed by atoms with Crippen LogP contribution in [0.3, 0.4) is 0 Å². The van der Waals surface area contributed by atoms with Gasteiger partial charge in [-0.2, -0.15) is 5.10 Å². The Morgan fingerprint density at radius 3 is 2.84 bits per heavy atom. The summed E-state index contributed by atoms with van der Waals surface area (Å²) >= 11 is 1.55. The van der Waals surface area contributed by atoms with Crippen LogP contribution in [0.2, 0.25) is 0 Å². The molecule has 0 aliphatic carbocycles. The molecular weight excluding hydrogens is 260 g/mol. The van der Waals surface area contributed by atoms with E-state index in [9.17, 15) is 4.79 Å². The summed E-state index contributed by atoms with van der Waals surface area (Å²) in [5, 5.41) is 5.79. The normalized spacial score (nSPS) is 10.6. The SMILES string of the molecule is Cc1ccc(OCC(=O)N/N=C\c2cccs2)cc1. The van der Waals surface area contributed by atoms with E-state index in [4.69, 9.17) is 4.74 Å². The van der Waals surface area contributed by atoms with Crippen molar-refractivity contribution in [2.24, 2.45) is 5.10 Å². The molecule has 0 fully saturated rings. The van der Waals surface area contributed by atoms with Gasteiger partial charge in [-0.25, -0.2) is 5.43 Å². The Morgan fingerprint density at radius 1 is 1.37 bits per heavy atom. The van der Waals surface area contributed by atoms with Crippen molar-refractivity contribution in [3.63, 3.8) is 0 Å². The van der Waals surface area contributed by atoms with Crippen molar-refractivity contribution in [2.75, 3.05) is 6.61 Å². The molecule has 2 rings (SSSR count). The van der Waals surface area contributed by atoms with Gasteiger partial charge in [0.15, 0.2) is 6.61 Å². The highest BCUT2D eigenvalue weighted by molar-refractivity contribution is 7.11. The minimum Gasteiger partial charge on any atom is -0.484 e. The molecule has 0 spiro atoms. The molecule has 0 unspecified atom stereocenters. The van der Waals surface area contributed by atoms with Crippen molar-refractivity contribution < 1.29 is 9.53 Å². The molecule has 0 aliphatic rings. The zero-order chi connectivity index (χ0) is 13.5. The lowest BCUT2D eigenvalue weighted by Crippen LogP contribution is -2.24. The number of carbonyl (C=O) groups is 1. The molecular formula is C14H14N2O2S. The Hall–Kier alpha value is -2.14. The lowest BCUT2D eigenvalue weighted by atomic mass is 10.2. The first kappa shape index (κ1) is 13.3. The average molecular weight is 274 g/mol. The van der Waals surface area contributed by atoms with Gasteiger partial charge in [-0.15, -0.1) is 11.3 Å². The third kappa shape index (κ3) is 4.56. The fourth-order valence-electron chi connectivity index (χ4n) is 1.35. The molecule has 0 aliphatic heterocycles. The van der Waals surface area contributed by atoms with E-state index in [-0.39, 0.29) is 12.5 Å². The van der Waals surface area contributed by atoms with Crippen LogP contribution in [0.15, 0.2) is 46.9 Å². The van der Waals surface area contributed by atoms with E-state index in [0.717, 1.165) is 10.4 Å². The predicted octanol–water partition coefficient (Wildman–Crippen LogP) is 2.59. The summed E-state index contributed by atoms with van der Waals surface area (Å²) in [5.74, 6) is 0.386. The zero-order valence-corrected chi connectivity index (χ0v) is 11.3. The van der Waals surface area contributed by atoms with Crippen LogP contribution < -0.4 is 10.2 Å². The highest BCUT2D eigenvalue weighted by Gasteiger charge is 2.00. The summed E-state index contributed by atoms with van der Waals surface area (Å²) in [5.41, 5.74) is 3.57. The standard InChI is InChI=1S/C14H14N2O2S/c1-11-4-6-12(7-5-11)18-10-14(17)16-15-9-13-3-2-8-19-13/h2-9H,10H2,1H3,(H,16,17)/b15-9-. The molecule has 1 N–H and O–H groups in total. The highest BCUT2D eigenvalue weighted by atomic mass is 32.1. The van der Waals surface area contributed by atoms with Crippen molar-refractivity contribution in [1.82, 2.24) is 5.43 Å². The predicted molar refractivity (Wildman–Crippen MR) is 76.7 cm³/mol. The summed E-state index contributed by atoms with van der Waals surface area (Å²) in [7, 11) is 0. The zero-order valence-electron chi connectivity index (χ0n) is 10.5. The minimum atomic E-state index is -0.284. The Morgan fingerprint density at radius 2 is 2.16 bits per heavy atom. The number of nitrogens with zero attached hydrogens (tertiary/aromatic N) is 1. The lowest BCUT2D eigenvalue weighted by molar-refractivity contribution is -0.123. The molecule has 98 valence electrons. The highest BCUT2D eigenvalue weighted by Crippen LogP contribution is 2.10. The number of nitrogens with one attached hydrogen (secondary N) is 1. The first-order valence-electron chi connectivity index (χ1n) is 5.79. The number of hydrogen-bond acceptors (Lipinski definition) is 4. The van der Waals surface area contributed by atoms with Crippen molar-refractivity contribution in [1.29, 1.82) is 0 Å². The second kappa shape index (κ2) is 6.70. The Balaban J connectivity index is 1.74. The first-order valence-corrected chi connectivity index (χ1v) is 6.67. The second-order valence-electron chi connectivity index (χ2n) is 3.91. The van der Waals surface area contributed by atoms with E-state index in [0.29, 0.717) is 5.75 Å². The number of benzene rings is 1. The van der Waals surface area contributed by atoms with Crippen LogP contribution in [-0.2, 0) is 4.79 Å². The van der Waals surface area contributed by atoms with Gasteiger partial charge in [0, 0.05) is 4.88 Å². The molecule has 19 heavy (non-hydrogen) atoms. The van der Waals surface area contributed by atoms with Gasteiger partial charge in [-0.1, -0.05) is 23.8 Å². The maximum absolute atomic E-state index is 11.5. The van der Waals surface area contributed by atoms with Crippen LogP contribution in [0.4, 0.5) is 0 Å². The Kier molecular flexibility index (Phi) is 4.69. The number of ether oxygens (including phenoxy) is 1. The third-order valence-corrected chi connectivity index (χ3v) is 3.12. The minimum absolute atomic E-state index is 0.0508. The topological polar surface area (TPSA) is 50.7 Å². The van der Waals surface area contributed by atoms with E-state index in [2.05, 4.69) is 10.5 Å². The molecule has 1 heterocycles. The van der Waals surface area contributed by atoms with E-state index in [1.54, 1.807) is 17.6 Å². The molecule has 1 aromatic heterocycles. The maximum Gasteiger partial charge on any atom is 0.277 e. The Labute approximate surface area is 115 Å². The fourth-order valence-corrected chi connectivity index (χ4v) is 1.93. The van der Waals surface area contributed by atoms with Crippen molar-refractivity contribution in [3.8, 4) is 5.75 Å². The largest absolute Gasteiger partial charge is 0.484 e. The number of rotatable bonds is 5. The van der Waals surface area contributed by atoms with Crippen LogP contribution in [0.1, 0.15) is 10.4 Å². The smallest absolute Gasteiger partial charge is 0.277 e. The van der Waals surface area contributed by atoms with Crippen LogP contribution in [0, 0.1) is 6.92 Å². The molecule has 2 aromatic rings. The van der Waals surface area contributed by atoms with Gasteiger partial charge in [0.2, 0.25) is 0 Å². The Bertz CT molecular complexity index is 547. The van der Waals surface area contributed by atoms with Gasteiger partial charge in [-0.05, 0) is 30.5 Å². The lowest BCUT2D eigenvalue weighted by Gasteiger charge is -2.04. The van der Waals surface area contributed by atoms with Gasteiger partial charge < -0.3 is 4.74 Å². The van der Waals surface area contributed by atoms with Crippen LogP contribution >= 0.6 is 11.3 Å². The number of carbonyl (C=O) groups excluding carboxylic acids is 1. The van der Waals surface area contributed by atoms with E-state index in [1.807, 2.05) is 48.7 Å². The summed E-state index contributed by atoms with van der Waals surface area (Å²) in [6.07, 6.45) is 1.61. The molecule has 0 atom stereocenters. The monoisotopic (exact) mass is 274 g/mol. The molecule has 0 radical (unpaired) electrons. The number of aryl methyl sites for hydroxylation is 1. The average Bonchev–Trinajstić information content (AvgIpc) is 2.91. The molecule has 1 aromatic carbocycles. The molecule has 0 saturated heterocycles. The second-order valence-corrected chi connectivity index (χ2v) is 4.89. The van der Waals surface area contributed by atoms with E-state index in [1.165, 1.54) is 0 Å². The van der Waals surface area contributed by atoms with Crippen LogP contribution in [-0.4, -0.2) is 18.7 Å². The van der Waals surface area contributed by atoms with Gasteiger partial charge in [0.25, 0.3) is 5.91 Å². The maximum atomic E-state index is 11.5. The number of hydrogen-bond donors (Lipinski definition) is 1. The van der Waals surface area contributed by atoms with E-state index >= 15 is 0 Å². The molecule has 5 heteroatoms.